The van der Waals surface area contributed by atoms with Gasteiger partial charge in [-0.15, -0.1) is 11.6 Å². The molecule has 0 saturated carbocycles. The fourth-order valence-electron chi connectivity index (χ4n) is 1.23. The normalized spacial score (nSPS) is 10.1. The molecule has 5 heteroatoms. The third-order valence-electron chi connectivity index (χ3n) is 2.24. The average Bonchev–Trinajstić information content (AvgIpc) is 2.32. The molecule has 0 aliphatic carbocycles. The van der Waals surface area contributed by atoms with Gasteiger partial charge < -0.3 is 9.64 Å². The summed E-state index contributed by atoms with van der Waals surface area (Å²) in [6, 6.07) is 5.77. The Labute approximate surface area is 105 Å². The second-order valence-electron chi connectivity index (χ2n) is 3.56. The van der Waals surface area contributed by atoms with Gasteiger partial charge in [0, 0.05) is 19.3 Å². The number of benzene rings is 1. The molecule has 17 heavy (non-hydrogen) atoms. The summed E-state index contributed by atoms with van der Waals surface area (Å²) in [5.41, 5.74) is 0. The first-order valence-electron chi connectivity index (χ1n) is 5.32. The van der Waals surface area contributed by atoms with E-state index in [1.165, 1.54) is 12.1 Å². The minimum atomic E-state index is -0.299. The Morgan fingerprint density at radius 1 is 1.41 bits per heavy atom. The van der Waals surface area contributed by atoms with Gasteiger partial charge in [0.05, 0.1) is 6.54 Å². The second kappa shape index (κ2) is 7.12. The van der Waals surface area contributed by atoms with Crippen molar-refractivity contribution in [2.24, 2.45) is 0 Å². The Bertz CT molecular complexity index is 356. The summed E-state index contributed by atoms with van der Waals surface area (Å²) in [7, 11) is 1.70. The van der Waals surface area contributed by atoms with Crippen molar-refractivity contribution in [2.75, 3.05) is 26.1 Å². The molecule has 0 bridgehead atoms. The van der Waals surface area contributed by atoms with E-state index in [-0.39, 0.29) is 11.7 Å². The highest BCUT2D eigenvalue weighted by Crippen LogP contribution is 2.10. The van der Waals surface area contributed by atoms with Crippen LogP contribution in [0.15, 0.2) is 24.3 Å². The van der Waals surface area contributed by atoms with E-state index >= 15 is 0 Å². The summed E-state index contributed by atoms with van der Waals surface area (Å²) < 4.78 is 18.0. The first-order valence-corrected chi connectivity index (χ1v) is 5.85. The molecular formula is C12H15ClFNO2. The van der Waals surface area contributed by atoms with Gasteiger partial charge in [0.15, 0.2) is 0 Å². The zero-order valence-electron chi connectivity index (χ0n) is 9.66. The largest absolute Gasteiger partial charge is 0.492 e. The van der Waals surface area contributed by atoms with E-state index in [0.29, 0.717) is 31.2 Å². The fourth-order valence-corrected chi connectivity index (χ4v) is 1.39. The standard InChI is InChI=1S/C12H15ClFNO2/c1-15(12(16)6-7-13)8-9-17-11-4-2-10(14)3-5-11/h2-5H,6-9H2,1H3. The van der Waals surface area contributed by atoms with Crippen LogP contribution in [0, 0.1) is 5.82 Å². The van der Waals surface area contributed by atoms with Crippen molar-refractivity contribution in [2.45, 2.75) is 6.42 Å². The van der Waals surface area contributed by atoms with Gasteiger partial charge >= 0.3 is 0 Å². The van der Waals surface area contributed by atoms with E-state index in [9.17, 15) is 9.18 Å². The van der Waals surface area contributed by atoms with E-state index in [4.69, 9.17) is 16.3 Å². The summed E-state index contributed by atoms with van der Waals surface area (Å²) in [6.07, 6.45) is 0.328. The summed E-state index contributed by atoms with van der Waals surface area (Å²) >= 11 is 5.47. The zero-order valence-corrected chi connectivity index (χ0v) is 10.4. The summed E-state index contributed by atoms with van der Waals surface area (Å²) in [6.45, 7) is 0.850. The highest BCUT2D eigenvalue weighted by Gasteiger charge is 2.07. The van der Waals surface area contributed by atoms with E-state index in [2.05, 4.69) is 0 Å². The Hall–Kier alpha value is -1.29. The smallest absolute Gasteiger partial charge is 0.223 e. The van der Waals surface area contributed by atoms with Crippen LogP contribution < -0.4 is 4.74 Å². The minimum Gasteiger partial charge on any atom is -0.492 e. The molecule has 0 N–H and O–H groups in total. The highest BCUT2D eigenvalue weighted by atomic mass is 35.5. The molecule has 0 heterocycles. The van der Waals surface area contributed by atoms with Crippen LogP contribution >= 0.6 is 11.6 Å². The molecule has 0 aliphatic rings. The van der Waals surface area contributed by atoms with Crippen LogP contribution in [0.1, 0.15) is 6.42 Å². The molecule has 0 atom stereocenters. The van der Waals surface area contributed by atoms with Crippen molar-refractivity contribution in [1.29, 1.82) is 0 Å². The van der Waals surface area contributed by atoms with Crippen LogP contribution in [0.4, 0.5) is 4.39 Å². The Morgan fingerprint density at radius 2 is 2.06 bits per heavy atom. The van der Waals surface area contributed by atoms with Gasteiger partial charge in [-0.3, -0.25) is 4.79 Å². The number of ether oxygens (including phenoxy) is 1. The molecule has 3 nitrogen and oxygen atoms in total. The molecule has 0 fully saturated rings. The lowest BCUT2D eigenvalue weighted by atomic mass is 10.3. The van der Waals surface area contributed by atoms with Gasteiger partial charge in [0.1, 0.15) is 18.2 Å². The SMILES string of the molecule is CN(CCOc1ccc(F)cc1)C(=O)CCCl. The van der Waals surface area contributed by atoms with Crippen molar-refractivity contribution < 1.29 is 13.9 Å². The lowest BCUT2D eigenvalue weighted by molar-refractivity contribution is -0.129. The quantitative estimate of drug-likeness (QED) is 0.734. The lowest BCUT2D eigenvalue weighted by Crippen LogP contribution is -2.30. The van der Waals surface area contributed by atoms with Crippen LogP contribution in [-0.2, 0) is 4.79 Å². The van der Waals surface area contributed by atoms with E-state index in [1.54, 1.807) is 24.1 Å². The zero-order chi connectivity index (χ0) is 12.7. The first-order chi connectivity index (χ1) is 8.13. The number of nitrogens with zero attached hydrogens (tertiary/aromatic N) is 1. The minimum absolute atomic E-state index is 0.0114. The van der Waals surface area contributed by atoms with Crippen molar-refractivity contribution in [3.8, 4) is 5.75 Å². The van der Waals surface area contributed by atoms with Gasteiger partial charge in [-0.2, -0.15) is 0 Å². The molecule has 0 radical (unpaired) electrons. The Morgan fingerprint density at radius 3 is 2.65 bits per heavy atom. The van der Waals surface area contributed by atoms with Crippen LogP contribution in [0.5, 0.6) is 5.75 Å². The number of rotatable bonds is 6. The number of hydrogen-bond acceptors (Lipinski definition) is 2. The van der Waals surface area contributed by atoms with Crippen LogP contribution in [0.2, 0.25) is 0 Å². The van der Waals surface area contributed by atoms with Gasteiger partial charge in [0.25, 0.3) is 0 Å². The molecule has 0 aromatic heterocycles. The predicted octanol–water partition coefficient (Wildman–Crippen LogP) is 2.29. The maximum absolute atomic E-state index is 12.6. The third-order valence-corrected chi connectivity index (χ3v) is 2.43. The first kappa shape index (κ1) is 13.8. The van der Waals surface area contributed by atoms with E-state index < -0.39 is 0 Å². The Kier molecular flexibility index (Phi) is 5.77. The van der Waals surface area contributed by atoms with Crippen LogP contribution in [0.3, 0.4) is 0 Å². The number of carbonyl (C=O) groups is 1. The maximum atomic E-state index is 12.6. The summed E-state index contributed by atoms with van der Waals surface area (Å²) in [4.78, 5) is 12.9. The predicted molar refractivity (Wildman–Crippen MR) is 64.9 cm³/mol. The molecule has 0 saturated heterocycles. The molecule has 94 valence electrons. The third kappa shape index (κ3) is 5.04. The van der Waals surface area contributed by atoms with Crippen molar-refractivity contribution in [1.82, 2.24) is 4.90 Å². The highest BCUT2D eigenvalue weighted by molar-refractivity contribution is 6.18. The fraction of sp³-hybridized carbons (Fsp3) is 0.417. The molecule has 1 aromatic rings. The molecule has 0 unspecified atom stereocenters. The van der Waals surface area contributed by atoms with Crippen molar-refractivity contribution >= 4 is 17.5 Å². The lowest BCUT2D eigenvalue weighted by Gasteiger charge is -2.16. The maximum Gasteiger partial charge on any atom is 0.223 e. The molecule has 1 rings (SSSR count). The summed E-state index contributed by atoms with van der Waals surface area (Å²) in [5.74, 6) is 0.598. The number of carbonyl (C=O) groups excluding carboxylic acids is 1. The average molecular weight is 260 g/mol. The van der Waals surface area contributed by atoms with Crippen LogP contribution in [-0.4, -0.2) is 36.9 Å². The number of hydrogen-bond donors (Lipinski definition) is 0. The molecule has 0 spiro atoms. The Balaban J connectivity index is 2.27. The van der Waals surface area contributed by atoms with Gasteiger partial charge in [-0.25, -0.2) is 4.39 Å². The molecule has 1 aromatic carbocycles. The van der Waals surface area contributed by atoms with Crippen molar-refractivity contribution in [3.63, 3.8) is 0 Å². The number of likely N-dealkylation sites (N-methyl/N-ethyl adjacent to an activating group) is 1. The van der Waals surface area contributed by atoms with E-state index in [0.717, 1.165) is 0 Å². The molecular weight excluding hydrogens is 245 g/mol. The van der Waals surface area contributed by atoms with Crippen LogP contribution in [0.25, 0.3) is 0 Å². The molecule has 0 aliphatic heterocycles. The van der Waals surface area contributed by atoms with Gasteiger partial charge in [-0.05, 0) is 24.3 Å². The number of amides is 1. The second-order valence-corrected chi connectivity index (χ2v) is 3.93. The van der Waals surface area contributed by atoms with E-state index in [1.807, 2.05) is 0 Å². The molecule has 1 amide bonds. The monoisotopic (exact) mass is 259 g/mol. The van der Waals surface area contributed by atoms with Gasteiger partial charge in [0.2, 0.25) is 5.91 Å². The van der Waals surface area contributed by atoms with Crippen molar-refractivity contribution in [3.05, 3.63) is 30.1 Å². The number of halogens is 2. The summed E-state index contributed by atoms with van der Waals surface area (Å²) in [5, 5.41) is 0. The topological polar surface area (TPSA) is 29.5 Å². The van der Waals surface area contributed by atoms with Gasteiger partial charge in [-0.1, -0.05) is 0 Å². The number of alkyl halides is 1.